The van der Waals surface area contributed by atoms with Gasteiger partial charge in [0.2, 0.25) is 5.91 Å². The lowest BCUT2D eigenvalue weighted by Gasteiger charge is -2.12. The largest absolute Gasteiger partial charge is 0.389 e. The van der Waals surface area contributed by atoms with Crippen molar-refractivity contribution >= 4 is 5.91 Å². The van der Waals surface area contributed by atoms with Crippen LogP contribution in [-0.2, 0) is 9.53 Å². The first-order valence-electron chi connectivity index (χ1n) is 8.23. The third-order valence-electron chi connectivity index (χ3n) is 4.47. The molecule has 1 aromatic rings. The van der Waals surface area contributed by atoms with Crippen molar-refractivity contribution in [2.45, 2.75) is 38.2 Å². The van der Waals surface area contributed by atoms with E-state index in [4.69, 9.17) is 4.74 Å². The van der Waals surface area contributed by atoms with Gasteiger partial charge in [-0.2, -0.15) is 0 Å². The number of aliphatic hydroxyl groups excluding tert-OH is 1. The van der Waals surface area contributed by atoms with Crippen LogP contribution in [0.5, 0.6) is 0 Å². The molecule has 120 valence electrons. The van der Waals surface area contributed by atoms with E-state index in [1.54, 1.807) is 0 Å². The van der Waals surface area contributed by atoms with E-state index >= 15 is 0 Å². The second-order valence-electron chi connectivity index (χ2n) is 6.74. The van der Waals surface area contributed by atoms with Crippen LogP contribution in [0.15, 0.2) is 24.3 Å². The molecule has 4 nitrogen and oxygen atoms in total. The molecule has 0 aliphatic heterocycles. The molecule has 3 rings (SSSR count). The molecule has 3 atom stereocenters. The second-order valence-corrected chi connectivity index (χ2v) is 6.74. The smallest absolute Gasteiger partial charge is 0.223 e. The molecule has 0 heterocycles. The lowest BCUT2D eigenvalue weighted by Crippen LogP contribution is -2.35. The van der Waals surface area contributed by atoms with E-state index in [-0.39, 0.29) is 18.4 Å². The maximum atomic E-state index is 12.1. The van der Waals surface area contributed by atoms with Crippen LogP contribution in [0.25, 0.3) is 0 Å². The van der Waals surface area contributed by atoms with Crippen LogP contribution in [0.3, 0.4) is 0 Å². The molecule has 2 aliphatic rings. The molecule has 3 unspecified atom stereocenters. The minimum Gasteiger partial charge on any atom is -0.389 e. The Morgan fingerprint density at radius 2 is 2.27 bits per heavy atom. The van der Waals surface area contributed by atoms with Crippen LogP contribution in [0.4, 0.5) is 0 Å². The van der Waals surface area contributed by atoms with E-state index in [1.165, 1.54) is 24.0 Å². The summed E-state index contributed by atoms with van der Waals surface area (Å²) in [5.74, 6) is 1.14. The molecule has 0 radical (unpaired) electrons. The van der Waals surface area contributed by atoms with Crippen LogP contribution in [0, 0.1) is 18.8 Å². The standard InChI is InChI=1S/C18H25NO3/c1-12-3-2-4-14(7-12)16-8-17(16)18(21)19-9-15(20)11-22-10-13-5-6-13/h2-4,7,13,15-17,20H,5-6,8-11H2,1H3,(H,19,21). The van der Waals surface area contributed by atoms with Crippen LogP contribution >= 0.6 is 0 Å². The number of rotatable bonds is 8. The summed E-state index contributed by atoms with van der Waals surface area (Å²) >= 11 is 0. The molecule has 22 heavy (non-hydrogen) atoms. The van der Waals surface area contributed by atoms with E-state index < -0.39 is 6.10 Å². The summed E-state index contributed by atoms with van der Waals surface area (Å²) in [4.78, 5) is 12.1. The number of carbonyl (C=O) groups excluding carboxylic acids is 1. The Labute approximate surface area is 131 Å². The van der Waals surface area contributed by atoms with Gasteiger partial charge in [-0.1, -0.05) is 29.8 Å². The van der Waals surface area contributed by atoms with Crippen molar-refractivity contribution in [2.75, 3.05) is 19.8 Å². The zero-order valence-corrected chi connectivity index (χ0v) is 13.1. The Morgan fingerprint density at radius 1 is 1.45 bits per heavy atom. The van der Waals surface area contributed by atoms with Crippen molar-refractivity contribution in [1.29, 1.82) is 0 Å². The fraction of sp³-hybridized carbons (Fsp3) is 0.611. The summed E-state index contributed by atoms with van der Waals surface area (Å²) in [7, 11) is 0. The first kappa shape index (κ1) is 15.5. The molecule has 2 aliphatic carbocycles. The number of aryl methyl sites for hydroxylation is 1. The lowest BCUT2D eigenvalue weighted by atomic mass is 10.1. The maximum Gasteiger partial charge on any atom is 0.223 e. The Hall–Kier alpha value is -1.39. The Balaban J connectivity index is 1.36. The SMILES string of the molecule is Cc1cccc(C2CC2C(=O)NCC(O)COCC2CC2)c1. The minimum atomic E-state index is -0.612. The molecule has 4 heteroatoms. The highest BCUT2D eigenvalue weighted by Crippen LogP contribution is 2.47. The summed E-state index contributed by atoms with van der Waals surface area (Å²) < 4.78 is 5.43. The number of carbonyl (C=O) groups is 1. The van der Waals surface area contributed by atoms with Gasteiger partial charge in [-0.05, 0) is 43.6 Å². The Kier molecular flexibility index (Phi) is 4.79. The summed E-state index contributed by atoms with van der Waals surface area (Å²) in [5, 5.41) is 12.7. The van der Waals surface area contributed by atoms with Gasteiger partial charge in [0, 0.05) is 19.1 Å². The third-order valence-corrected chi connectivity index (χ3v) is 4.47. The maximum absolute atomic E-state index is 12.1. The fourth-order valence-electron chi connectivity index (χ4n) is 2.82. The fourth-order valence-corrected chi connectivity index (χ4v) is 2.82. The highest BCUT2D eigenvalue weighted by atomic mass is 16.5. The van der Waals surface area contributed by atoms with Crippen molar-refractivity contribution in [3.05, 3.63) is 35.4 Å². The van der Waals surface area contributed by atoms with E-state index in [0.29, 0.717) is 18.4 Å². The predicted molar refractivity (Wildman–Crippen MR) is 84.6 cm³/mol. The quantitative estimate of drug-likeness (QED) is 0.772. The highest BCUT2D eigenvalue weighted by Gasteiger charge is 2.43. The number of nitrogens with one attached hydrogen (secondary N) is 1. The van der Waals surface area contributed by atoms with Crippen molar-refractivity contribution in [1.82, 2.24) is 5.32 Å². The monoisotopic (exact) mass is 303 g/mol. The minimum absolute atomic E-state index is 0.0488. The highest BCUT2D eigenvalue weighted by molar-refractivity contribution is 5.82. The summed E-state index contributed by atoms with van der Waals surface area (Å²) in [5.41, 5.74) is 2.47. The van der Waals surface area contributed by atoms with Crippen molar-refractivity contribution < 1.29 is 14.6 Å². The van der Waals surface area contributed by atoms with Gasteiger partial charge in [-0.25, -0.2) is 0 Å². The number of hydrogen-bond donors (Lipinski definition) is 2. The van der Waals surface area contributed by atoms with E-state index in [9.17, 15) is 9.90 Å². The molecule has 0 aromatic heterocycles. The number of hydrogen-bond acceptors (Lipinski definition) is 3. The molecule has 2 N–H and O–H groups in total. The summed E-state index contributed by atoms with van der Waals surface area (Å²) in [6.07, 6.45) is 2.78. The molecule has 1 aromatic carbocycles. The molecule has 1 amide bonds. The van der Waals surface area contributed by atoms with Crippen molar-refractivity contribution in [3.63, 3.8) is 0 Å². The zero-order chi connectivity index (χ0) is 15.5. The molecule has 0 bridgehead atoms. The molecule has 0 spiro atoms. The molecule has 2 fully saturated rings. The first-order chi connectivity index (χ1) is 10.6. The van der Waals surface area contributed by atoms with Gasteiger partial charge in [-0.3, -0.25) is 4.79 Å². The van der Waals surface area contributed by atoms with E-state index in [1.807, 2.05) is 6.07 Å². The number of benzene rings is 1. The average Bonchev–Trinajstić information content (AvgIpc) is 3.37. The Morgan fingerprint density at radius 3 is 3.00 bits per heavy atom. The molecule has 0 saturated heterocycles. The van der Waals surface area contributed by atoms with Gasteiger partial charge < -0.3 is 15.2 Å². The van der Waals surface area contributed by atoms with Gasteiger partial charge in [-0.15, -0.1) is 0 Å². The lowest BCUT2D eigenvalue weighted by molar-refractivity contribution is -0.123. The van der Waals surface area contributed by atoms with Gasteiger partial charge >= 0.3 is 0 Å². The van der Waals surface area contributed by atoms with Gasteiger partial charge in [0.1, 0.15) is 0 Å². The molecular formula is C18H25NO3. The topological polar surface area (TPSA) is 58.6 Å². The predicted octanol–water partition coefficient (Wildman–Crippen LogP) is 2.00. The number of ether oxygens (including phenoxy) is 1. The van der Waals surface area contributed by atoms with Crippen LogP contribution in [0.1, 0.15) is 36.3 Å². The third kappa shape index (κ3) is 4.31. The average molecular weight is 303 g/mol. The second kappa shape index (κ2) is 6.80. The normalized spacial score (nSPS) is 24.8. The summed E-state index contributed by atoms with van der Waals surface area (Å²) in [6.45, 7) is 3.39. The first-order valence-corrected chi connectivity index (χ1v) is 8.23. The number of amides is 1. The van der Waals surface area contributed by atoms with Crippen LogP contribution in [-0.4, -0.2) is 36.9 Å². The summed E-state index contributed by atoms with van der Waals surface area (Å²) in [6, 6.07) is 8.35. The van der Waals surface area contributed by atoms with Gasteiger partial charge in [0.15, 0.2) is 0 Å². The van der Waals surface area contributed by atoms with Gasteiger partial charge in [0.05, 0.1) is 12.7 Å². The van der Waals surface area contributed by atoms with Crippen LogP contribution in [0.2, 0.25) is 0 Å². The number of aliphatic hydroxyl groups is 1. The zero-order valence-electron chi connectivity index (χ0n) is 13.1. The van der Waals surface area contributed by atoms with Crippen molar-refractivity contribution in [2.24, 2.45) is 11.8 Å². The Bertz CT molecular complexity index is 527. The van der Waals surface area contributed by atoms with E-state index in [2.05, 4.69) is 30.4 Å². The van der Waals surface area contributed by atoms with Crippen LogP contribution < -0.4 is 5.32 Å². The van der Waals surface area contributed by atoms with E-state index in [0.717, 1.165) is 13.0 Å². The molecular weight excluding hydrogens is 278 g/mol. The molecule has 2 saturated carbocycles. The van der Waals surface area contributed by atoms with Gasteiger partial charge in [0.25, 0.3) is 0 Å². The van der Waals surface area contributed by atoms with Crippen molar-refractivity contribution in [3.8, 4) is 0 Å².